The second-order valence-corrected chi connectivity index (χ2v) is 5.50. The summed E-state index contributed by atoms with van der Waals surface area (Å²) in [7, 11) is -3.60. The van der Waals surface area contributed by atoms with Crippen molar-refractivity contribution in [3.63, 3.8) is 0 Å². The van der Waals surface area contributed by atoms with Crippen LogP contribution in [-0.4, -0.2) is 14.5 Å². The van der Waals surface area contributed by atoms with Crippen LogP contribution < -0.4 is 4.89 Å². The van der Waals surface area contributed by atoms with Crippen molar-refractivity contribution in [2.75, 3.05) is 0 Å². The summed E-state index contributed by atoms with van der Waals surface area (Å²) in [6, 6.07) is 6.56. The second kappa shape index (κ2) is 5.95. The van der Waals surface area contributed by atoms with Crippen LogP contribution >= 0.6 is 0 Å². The molecule has 0 aliphatic heterocycles. The third-order valence-corrected chi connectivity index (χ3v) is 3.40. The molecule has 0 heterocycles. The van der Waals surface area contributed by atoms with Crippen molar-refractivity contribution in [2.45, 2.75) is 31.3 Å². The van der Waals surface area contributed by atoms with E-state index in [1.54, 1.807) is 37.3 Å². The highest BCUT2D eigenvalue weighted by molar-refractivity contribution is 7.89. The normalized spacial score (nSPS) is 13.3. The maximum absolute atomic E-state index is 11.8. The number of hydrogen-bond acceptors (Lipinski definition) is 3. The largest absolute Gasteiger partial charge is 0.283 e. The molecule has 0 unspecified atom stereocenters. The first kappa shape index (κ1) is 13.9. The highest BCUT2D eigenvalue weighted by atomic mass is 32.2. The maximum atomic E-state index is 11.8. The van der Waals surface area contributed by atoms with Crippen LogP contribution in [0.25, 0.3) is 0 Å². The number of sulfonamides is 1. The Bertz CT molecular complexity index is 465. The Kier molecular flexibility index (Phi) is 4.86. The SMILES string of the molecule is C=CC[C@H](C)ONS(=O)(=O)c1ccc(C)cc1. The zero-order chi connectivity index (χ0) is 12.9. The summed E-state index contributed by atoms with van der Waals surface area (Å²) < 4.78 is 23.6. The fourth-order valence-corrected chi connectivity index (χ4v) is 2.08. The van der Waals surface area contributed by atoms with E-state index in [1.165, 1.54) is 0 Å². The molecule has 94 valence electrons. The lowest BCUT2D eigenvalue weighted by Crippen LogP contribution is -2.28. The second-order valence-electron chi connectivity index (χ2n) is 3.85. The van der Waals surface area contributed by atoms with Crippen LogP contribution in [0.15, 0.2) is 41.8 Å². The van der Waals surface area contributed by atoms with Gasteiger partial charge < -0.3 is 0 Å². The molecular weight excluding hydrogens is 238 g/mol. The van der Waals surface area contributed by atoms with Gasteiger partial charge in [0.05, 0.1) is 11.0 Å². The Morgan fingerprint density at radius 3 is 2.53 bits per heavy atom. The van der Waals surface area contributed by atoms with Crippen molar-refractivity contribution in [3.05, 3.63) is 42.5 Å². The zero-order valence-electron chi connectivity index (χ0n) is 10.0. The molecule has 0 radical (unpaired) electrons. The van der Waals surface area contributed by atoms with Gasteiger partial charge in [0.2, 0.25) is 0 Å². The molecule has 1 aromatic carbocycles. The summed E-state index contributed by atoms with van der Waals surface area (Å²) in [6.07, 6.45) is 2.01. The Morgan fingerprint density at radius 2 is 2.00 bits per heavy atom. The molecule has 17 heavy (non-hydrogen) atoms. The van der Waals surface area contributed by atoms with E-state index >= 15 is 0 Å². The van der Waals surface area contributed by atoms with Gasteiger partial charge in [0.25, 0.3) is 10.0 Å². The number of nitrogens with one attached hydrogen (secondary N) is 1. The number of aryl methyl sites for hydroxylation is 1. The Labute approximate surface area is 102 Å². The number of hydrogen-bond donors (Lipinski definition) is 1. The number of benzene rings is 1. The fraction of sp³-hybridized carbons (Fsp3) is 0.333. The first-order valence-corrected chi connectivity index (χ1v) is 6.79. The zero-order valence-corrected chi connectivity index (χ0v) is 10.8. The van der Waals surface area contributed by atoms with E-state index in [9.17, 15) is 8.42 Å². The van der Waals surface area contributed by atoms with Gasteiger partial charge in [0, 0.05) is 0 Å². The lowest BCUT2D eigenvalue weighted by molar-refractivity contribution is 0.0313. The van der Waals surface area contributed by atoms with E-state index in [-0.39, 0.29) is 11.0 Å². The number of rotatable bonds is 6. The highest BCUT2D eigenvalue weighted by Gasteiger charge is 2.14. The average molecular weight is 255 g/mol. The molecule has 1 rings (SSSR count). The van der Waals surface area contributed by atoms with Gasteiger partial charge in [0.1, 0.15) is 0 Å². The summed E-state index contributed by atoms with van der Waals surface area (Å²) >= 11 is 0. The minimum atomic E-state index is -3.60. The minimum absolute atomic E-state index is 0.189. The summed E-state index contributed by atoms with van der Waals surface area (Å²) in [6.45, 7) is 7.21. The maximum Gasteiger partial charge on any atom is 0.262 e. The molecule has 1 aromatic rings. The molecule has 0 aliphatic carbocycles. The van der Waals surface area contributed by atoms with Crippen molar-refractivity contribution >= 4 is 10.0 Å². The van der Waals surface area contributed by atoms with Gasteiger partial charge in [0.15, 0.2) is 0 Å². The Hall–Kier alpha value is -1.17. The van der Waals surface area contributed by atoms with Crippen molar-refractivity contribution in [3.8, 4) is 0 Å². The van der Waals surface area contributed by atoms with Gasteiger partial charge in [-0.25, -0.2) is 8.42 Å². The topological polar surface area (TPSA) is 55.4 Å². The monoisotopic (exact) mass is 255 g/mol. The van der Waals surface area contributed by atoms with E-state index in [0.29, 0.717) is 6.42 Å². The Morgan fingerprint density at radius 1 is 1.41 bits per heavy atom. The third-order valence-electron chi connectivity index (χ3n) is 2.19. The summed E-state index contributed by atoms with van der Waals surface area (Å²) in [5.74, 6) is 0. The van der Waals surface area contributed by atoms with Crippen LogP contribution in [-0.2, 0) is 14.9 Å². The Balaban J connectivity index is 2.69. The van der Waals surface area contributed by atoms with E-state index in [1.807, 2.05) is 6.92 Å². The fourth-order valence-electron chi connectivity index (χ4n) is 1.19. The van der Waals surface area contributed by atoms with Gasteiger partial charge in [-0.15, -0.1) is 6.58 Å². The summed E-state index contributed by atoms with van der Waals surface area (Å²) in [5, 5.41) is 0. The molecule has 0 saturated carbocycles. The van der Waals surface area contributed by atoms with Gasteiger partial charge in [-0.05, 0) is 32.4 Å². The lowest BCUT2D eigenvalue weighted by atomic mass is 10.2. The van der Waals surface area contributed by atoms with Crippen LogP contribution in [0.4, 0.5) is 0 Å². The van der Waals surface area contributed by atoms with Crippen molar-refractivity contribution in [1.29, 1.82) is 0 Å². The smallest absolute Gasteiger partial charge is 0.262 e. The van der Waals surface area contributed by atoms with Gasteiger partial charge in [-0.1, -0.05) is 28.7 Å². The van der Waals surface area contributed by atoms with Crippen LogP contribution in [0, 0.1) is 6.92 Å². The van der Waals surface area contributed by atoms with Gasteiger partial charge >= 0.3 is 0 Å². The molecule has 0 fully saturated rings. The molecular formula is C12H17NO3S. The standard InChI is InChI=1S/C12H17NO3S/c1-4-5-11(3)16-13-17(14,15)12-8-6-10(2)7-9-12/h4,6-9,11,13H,1,5H2,2-3H3/t11-/m0/s1. The van der Waals surface area contributed by atoms with E-state index in [2.05, 4.69) is 11.5 Å². The molecule has 0 amide bonds. The predicted molar refractivity (Wildman–Crippen MR) is 66.9 cm³/mol. The molecule has 0 spiro atoms. The molecule has 0 saturated heterocycles. The van der Waals surface area contributed by atoms with E-state index in [4.69, 9.17) is 4.84 Å². The molecule has 1 N–H and O–H groups in total. The van der Waals surface area contributed by atoms with Crippen molar-refractivity contribution < 1.29 is 13.3 Å². The van der Waals surface area contributed by atoms with Crippen LogP contribution in [0.2, 0.25) is 0 Å². The molecule has 0 aliphatic rings. The molecule has 0 aromatic heterocycles. The van der Waals surface area contributed by atoms with Crippen molar-refractivity contribution in [2.24, 2.45) is 0 Å². The first-order valence-electron chi connectivity index (χ1n) is 5.30. The highest BCUT2D eigenvalue weighted by Crippen LogP contribution is 2.10. The van der Waals surface area contributed by atoms with Crippen LogP contribution in [0.3, 0.4) is 0 Å². The molecule has 4 nitrogen and oxygen atoms in total. The van der Waals surface area contributed by atoms with Crippen molar-refractivity contribution in [1.82, 2.24) is 4.89 Å². The average Bonchev–Trinajstić information content (AvgIpc) is 2.28. The first-order chi connectivity index (χ1) is 7.95. The summed E-state index contributed by atoms with van der Waals surface area (Å²) in [4.78, 5) is 7.32. The van der Waals surface area contributed by atoms with E-state index < -0.39 is 10.0 Å². The molecule has 1 atom stereocenters. The minimum Gasteiger partial charge on any atom is -0.283 e. The van der Waals surface area contributed by atoms with E-state index in [0.717, 1.165) is 5.56 Å². The summed E-state index contributed by atoms with van der Waals surface area (Å²) in [5.41, 5.74) is 1.00. The van der Waals surface area contributed by atoms with Crippen LogP contribution in [0.1, 0.15) is 18.9 Å². The molecule has 0 bridgehead atoms. The van der Waals surface area contributed by atoms with Gasteiger partial charge in [-0.2, -0.15) is 0 Å². The molecule has 5 heteroatoms. The van der Waals surface area contributed by atoms with Gasteiger partial charge in [-0.3, -0.25) is 4.84 Å². The van der Waals surface area contributed by atoms with Crippen LogP contribution in [0.5, 0.6) is 0 Å². The quantitative estimate of drug-likeness (QED) is 0.626. The third kappa shape index (κ3) is 4.30. The predicted octanol–water partition coefficient (Wildman–Crippen LogP) is 2.17. The lowest BCUT2D eigenvalue weighted by Gasteiger charge is -2.11.